The van der Waals surface area contributed by atoms with Crippen LogP contribution in [0.15, 0.2) is 28.7 Å². The van der Waals surface area contributed by atoms with Crippen LogP contribution in [0.2, 0.25) is 0 Å². The zero-order valence-electron chi connectivity index (χ0n) is 24.1. The first kappa shape index (κ1) is 34.7. The maximum absolute atomic E-state index is 12.3. The second kappa shape index (κ2) is 18.1. The van der Waals surface area contributed by atoms with Crippen LogP contribution in [0.1, 0.15) is 108 Å². The Hall–Kier alpha value is -1.75. The summed E-state index contributed by atoms with van der Waals surface area (Å²) in [7, 11) is 0. The highest BCUT2D eigenvalue weighted by Gasteiger charge is 2.25. The monoisotopic (exact) mass is 679 g/mol. The molecule has 0 atom stereocenters. The van der Waals surface area contributed by atoms with Gasteiger partial charge in [-0.05, 0) is 63.1 Å². The van der Waals surface area contributed by atoms with Crippen molar-refractivity contribution in [3.05, 3.63) is 34.4 Å². The Bertz CT molecular complexity index is 1200. The highest BCUT2D eigenvalue weighted by Crippen LogP contribution is 2.38. The Labute approximate surface area is 259 Å². The van der Waals surface area contributed by atoms with Crippen molar-refractivity contribution in [2.75, 3.05) is 6.61 Å². The molecule has 0 amide bonds. The summed E-state index contributed by atoms with van der Waals surface area (Å²) in [6.07, 6.45) is 5.68. The highest BCUT2D eigenvalue weighted by molar-refractivity contribution is 9.10. The molecule has 4 nitrogen and oxygen atoms in total. The van der Waals surface area contributed by atoms with Gasteiger partial charge in [0, 0.05) is 28.2 Å². The van der Waals surface area contributed by atoms with Crippen LogP contribution in [-0.4, -0.2) is 33.4 Å². The lowest BCUT2D eigenvalue weighted by atomic mass is 10.0. The van der Waals surface area contributed by atoms with Crippen molar-refractivity contribution in [3.8, 4) is 17.1 Å². The predicted molar refractivity (Wildman–Crippen MR) is 167 cm³/mol. The molecule has 0 spiro atoms. The molecule has 0 aliphatic heterocycles. The van der Waals surface area contributed by atoms with Gasteiger partial charge < -0.3 is 9.72 Å². The summed E-state index contributed by atoms with van der Waals surface area (Å²) in [5.74, 6) is 0.604. The molecule has 1 N–H and O–H groups in total. The topological polar surface area (TPSA) is 42.8 Å². The van der Waals surface area contributed by atoms with E-state index in [1.807, 2.05) is 18.2 Å². The number of fused-ring (bicyclic) bond motifs is 1. The molecule has 0 aliphatic carbocycles. The van der Waals surface area contributed by atoms with Gasteiger partial charge in [0.15, 0.2) is 0 Å². The Kier molecular flexibility index (Phi) is 15.0. The maximum atomic E-state index is 12.3. The third-order valence-electron chi connectivity index (χ3n) is 7.46. The first-order valence-electron chi connectivity index (χ1n) is 15.2. The Morgan fingerprint density at radius 3 is 2.14 bits per heavy atom. The van der Waals surface area contributed by atoms with E-state index in [1.165, 1.54) is 4.09 Å². The number of aryl methyl sites for hydroxylation is 1. The number of hydrogen-bond acceptors (Lipinski definition) is 3. The number of alkyl halides is 5. The predicted octanol–water partition coefficient (Wildman–Crippen LogP) is 11.5. The van der Waals surface area contributed by atoms with Crippen LogP contribution >= 0.6 is 28.7 Å². The van der Waals surface area contributed by atoms with E-state index in [0.717, 1.165) is 109 Å². The molecule has 11 heteroatoms. The molecule has 2 aromatic heterocycles. The molecule has 0 saturated heterocycles. The van der Waals surface area contributed by atoms with Gasteiger partial charge in [-0.25, -0.2) is 8.78 Å². The van der Waals surface area contributed by atoms with Crippen molar-refractivity contribution in [2.45, 2.75) is 122 Å². The number of halogens is 6. The number of hydrogen-bond donors (Lipinski definition) is 2. The van der Waals surface area contributed by atoms with Gasteiger partial charge in [0.1, 0.15) is 0 Å². The van der Waals surface area contributed by atoms with Gasteiger partial charge in [0.25, 0.3) is 0 Å². The van der Waals surface area contributed by atoms with Crippen molar-refractivity contribution < 1.29 is 26.7 Å². The molecule has 0 bridgehead atoms. The summed E-state index contributed by atoms with van der Waals surface area (Å²) < 4.78 is 70.1. The summed E-state index contributed by atoms with van der Waals surface area (Å²) in [5, 5.41) is 5.76. The van der Waals surface area contributed by atoms with E-state index in [0.29, 0.717) is 25.3 Å². The van der Waals surface area contributed by atoms with E-state index in [1.54, 1.807) is 0 Å². The molecule has 2 heterocycles. The number of H-pyrrole nitrogens is 1. The summed E-state index contributed by atoms with van der Waals surface area (Å²) >= 11 is 8.21. The number of aromatic amines is 1. The minimum absolute atomic E-state index is 0.00273. The normalized spacial score (nSPS) is 12.2. The van der Waals surface area contributed by atoms with Crippen molar-refractivity contribution in [2.24, 2.45) is 0 Å². The Morgan fingerprint density at radius 1 is 0.881 bits per heavy atom. The van der Waals surface area contributed by atoms with Crippen LogP contribution < -0.4 is 4.74 Å². The molecule has 0 radical (unpaired) electrons. The zero-order chi connectivity index (χ0) is 30.4. The highest BCUT2D eigenvalue weighted by atomic mass is 79.9. The fraction of sp³-hybridized carbons (Fsp3) is 0.645. The largest absolute Gasteiger partial charge is 0.477 e. The van der Waals surface area contributed by atoms with Crippen LogP contribution in [0, 0.1) is 0 Å². The summed E-state index contributed by atoms with van der Waals surface area (Å²) in [4.78, 5) is 3.51. The number of nitrogens with one attached hydrogen (secondary N) is 1. The summed E-state index contributed by atoms with van der Waals surface area (Å²) in [5.41, 5.74) is 3.72. The Balaban J connectivity index is 1.53. The van der Waals surface area contributed by atoms with Gasteiger partial charge in [-0.2, -0.15) is 22.4 Å². The standard InChI is InChI=1S/C31H43BrF5N3OS/c32-24-16-15-18-25-23(24)22-27(38-25)29-26(17-11-7-3-1-5-9-13-20-31(35,36)37)39-40(42)30(29)41-21-14-10-6-2-4-8-12-19-28(33)34/h15-16,18,22,28,38,42H,1-14,17,19-21H2. The van der Waals surface area contributed by atoms with E-state index in [4.69, 9.17) is 9.84 Å². The van der Waals surface area contributed by atoms with Crippen LogP contribution in [0.5, 0.6) is 5.88 Å². The molecule has 1 aromatic carbocycles. The quantitative estimate of drug-likeness (QED) is 0.0668. The van der Waals surface area contributed by atoms with Gasteiger partial charge in [-0.3, -0.25) is 0 Å². The van der Waals surface area contributed by atoms with Crippen molar-refractivity contribution in [3.63, 3.8) is 0 Å². The number of rotatable bonds is 21. The molecule has 3 rings (SSSR count). The molecular formula is C31H43BrF5N3OS. The van der Waals surface area contributed by atoms with Crippen LogP contribution in [0.4, 0.5) is 22.0 Å². The van der Waals surface area contributed by atoms with Crippen molar-refractivity contribution >= 4 is 39.6 Å². The number of thiol groups is 1. The van der Waals surface area contributed by atoms with E-state index in [9.17, 15) is 22.0 Å². The van der Waals surface area contributed by atoms with Gasteiger partial charge in [-0.1, -0.05) is 86.2 Å². The van der Waals surface area contributed by atoms with Gasteiger partial charge in [-0.15, -0.1) is 0 Å². The lowest BCUT2D eigenvalue weighted by Gasteiger charge is -2.09. The van der Waals surface area contributed by atoms with Crippen LogP contribution in [-0.2, 0) is 6.42 Å². The number of nitrogens with zero attached hydrogens (tertiary/aromatic N) is 2. The van der Waals surface area contributed by atoms with Gasteiger partial charge >= 0.3 is 6.18 Å². The van der Waals surface area contributed by atoms with E-state index < -0.39 is 19.0 Å². The Morgan fingerprint density at radius 2 is 1.50 bits per heavy atom. The second-order valence-corrected chi connectivity index (χ2v) is 12.2. The molecule has 3 aromatic rings. The summed E-state index contributed by atoms with van der Waals surface area (Å²) in [6, 6.07) is 8.10. The van der Waals surface area contributed by atoms with Crippen LogP contribution in [0.25, 0.3) is 22.2 Å². The average molecular weight is 681 g/mol. The van der Waals surface area contributed by atoms with Gasteiger partial charge in [0.2, 0.25) is 12.3 Å². The van der Waals surface area contributed by atoms with Gasteiger partial charge in [0.05, 0.1) is 23.6 Å². The number of aromatic nitrogens is 3. The smallest absolute Gasteiger partial charge is 0.389 e. The van der Waals surface area contributed by atoms with Crippen molar-refractivity contribution in [1.29, 1.82) is 0 Å². The SMILES string of the molecule is FC(F)CCCCCCCCCOc1c(-c2cc3c(Br)cccc3[nH]2)c(CCCCCCCCCC(F)(F)F)nn1S. The fourth-order valence-corrected chi connectivity index (χ4v) is 5.96. The maximum Gasteiger partial charge on any atom is 0.389 e. The van der Waals surface area contributed by atoms with E-state index >= 15 is 0 Å². The lowest BCUT2D eigenvalue weighted by molar-refractivity contribution is -0.135. The minimum Gasteiger partial charge on any atom is -0.477 e. The minimum atomic E-state index is -4.06. The molecule has 0 saturated carbocycles. The molecule has 0 fully saturated rings. The first-order chi connectivity index (χ1) is 20.2. The molecule has 42 heavy (non-hydrogen) atoms. The molecule has 236 valence electrons. The zero-order valence-corrected chi connectivity index (χ0v) is 26.6. The lowest BCUT2D eigenvalue weighted by Crippen LogP contribution is -2.06. The molecule has 0 unspecified atom stereocenters. The molecule has 0 aliphatic rings. The number of ether oxygens (including phenoxy) is 1. The number of benzene rings is 1. The summed E-state index contributed by atoms with van der Waals surface area (Å²) in [6.45, 7) is 0.530. The third kappa shape index (κ3) is 12.1. The number of unbranched alkanes of at least 4 members (excludes halogenated alkanes) is 12. The van der Waals surface area contributed by atoms with Crippen molar-refractivity contribution in [1.82, 2.24) is 14.2 Å². The van der Waals surface area contributed by atoms with E-state index in [-0.39, 0.29) is 12.8 Å². The second-order valence-electron chi connectivity index (χ2n) is 11.0. The molecular weight excluding hydrogens is 637 g/mol. The first-order valence-corrected chi connectivity index (χ1v) is 16.4. The third-order valence-corrected chi connectivity index (χ3v) is 8.42. The average Bonchev–Trinajstić information content (AvgIpc) is 3.49. The van der Waals surface area contributed by atoms with Crippen LogP contribution in [0.3, 0.4) is 0 Å². The fourth-order valence-electron chi connectivity index (χ4n) is 5.22. The van der Waals surface area contributed by atoms with E-state index in [2.05, 4.69) is 39.8 Å².